The summed E-state index contributed by atoms with van der Waals surface area (Å²) in [4.78, 5) is 4.47. The van der Waals surface area contributed by atoms with Gasteiger partial charge in [0.15, 0.2) is 0 Å². The molecule has 100 valence electrons. The number of hydrogen-bond acceptors (Lipinski definition) is 2. The van der Waals surface area contributed by atoms with E-state index in [0.717, 1.165) is 28.1 Å². The lowest BCUT2D eigenvalue weighted by Crippen LogP contribution is -1.91. The minimum atomic E-state index is 0.737. The Labute approximate surface area is 123 Å². The molecule has 0 amide bonds. The van der Waals surface area contributed by atoms with Gasteiger partial charge in [-0.25, -0.2) is 0 Å². The first-order valence-corrected chi connectivity index (χ1v) is 6.79. The molecule has 0 aliphatic heterocycles. The Balaban J connectivity index is 1.89. The van der Waals surface area contributed by atoms with Crippen LogP contribution in [0.5, 0.6) is 5.75 Å². The van der Waals surface area contributed by atoms with Gasteiger partial charge in [0.1, 0.15) is 5.75 Å². The predicted molar refractivity (Wildman–Crippen MR) is 82.6 cm³/mol. The third-order valence-corrected chi connectivity index (χ3v) is 3.50. The summed E-state index contributed by atoms with van der Waals surface area (Å²) < 4.78 is 5.16. The van der Waals surface area contributed by atoms with E-state index in [-0.39, 0.29) is 0 Å². The van der Waals surface area contributed by atoms with Crippen LogP contribution in [0.1, 0.15) is 11.1 Å². The van der Waals surface area contributed by atoms with Gasteiger partial charge in [0.2, 0.25) is 0 Å². The molecule has 0 bridgehead atoms. The fraction of sp³-hybridized carbons (Fsp3) is 0.118. The molecule has 2 aromatic carbocycles. The van der Waals surface area contributed by atoms with Gasteiger partial charge in [0.25, 0.3) is 0 Å². The SMILES string of the molecule is COc1ccc(Cc2cnc3ccc(Cl)cc3c2)cc1. The van der Waals surface area contributed by atoms with E-state index < -0.39 is 0 Å². The molecule has 3 rings (SSSR count). The lowest BCUT2D eigenvalue weighted by atomic mass is 10.0. The van der Waals surface area contributed by atoms with Crippen molar-refractivity contribution in [1.29, 1.82) is 0 Å². The Morgan fingerprint density at radius 3 is 2.55 bits per heavy atom. The fourth-order valence-corrected chi connectivity index (χ4v) is 2.40. The van der Waals surface area contributed by atoms with E-state index in [1.54, 1.807) is 7.11 Å². The topological polar surface area (TPSA) is 22.1 Å². The first-order chi connectivity index (χ1) is 9.74. The second-order valence-electron chi connectivity index (χ2n) is 4.71. The van der Waals surface area contributed by atoms with Crippen LogP contribution in [0.4, 0.5) is 0 Å². The second-order valence-corrected chi connectivity index (χ2v) is 5.14. The first kappa shape index (κ1) is 12.9. The second kappa shape index (κ2) is 5.51. The molecule has 0 fully saturated rings. The van der Waals surface area contributed by atoms with Crippen molar-refractivity contribution in [3.8, 4) is 5.75 Å². The van der Waals surface area contributed by atoms with Gasteiger partial charge in [-0.2, -0.15) is 0 Å². The number of hydrogen-bond donors (Lipinski definition) is 0. The Morgan fingerprint density at radius 2 is 1.80 bits per heavy atom. The predicted octanol–water partition coefficient (Wildman–Crippen LogP) is 4.49. The van der Waals surface area contributed by atoms with Crippen LogP contribution in [0.25, 0.3) is 10.9 Å². The molecule has 1 aromatic heterocycles. The maximum Gasteiger partial charge on any atom is 0.118 e. The molecule has 2 nitrogen and oxygen atoms in total. The molecule has 1 heterocycles. The van der Waals surface area contributed by atoms with E-state index in [2.05, 4.69) is 23.2 Å². The summed E-state index contributed by atoms with van der Waals surface area (Å²) in [6.07, 6.45) is 2.76. The highest BCUT2D eigenvalue weighted by molar-refractivity contribution is 6.31. The number of rotatable bonds is 3. The van der Waals surface area contributed by atoms with Crippen molar-refractivity contribution in [3.63, 3.8) is 0 Å². The molecule has 3 aromatic rings. The van der Waals surface area contributed by atoms with Crippen LogP contribution >= 0.6 is 11.6 Å². The van der Waals surface area contributed by atoms with Crippen LogP contribution in [0.3, 0.4) is 0 Å². The Hall–Kier alpha value is -2.06. The highest BCUT2D eigenvalue weighted by Crippen LogP contribution is 2.20. The molecule has 0 atom stereocenters. The number of aromatic nitrogens is 1. The summed E-state index contributed by atoms with van der Waals surface area (Å²) >= 11 is 6.02. The smallest absolute Gasteiger partial charge is 0.118 e. The molecule has 0 aliphatic rings. The summed E-state index contributed by atoms with van der Waals surface area (Å²) in [6, 6.07) is 16.0. The highest BCUT2D eigenvalue weighted by Gasteiger charge is 2.01. The summed E-state index contributed by atoms with van der Waals surface area (Å²) in [6.45, 7) is 0. The van der Waals surface area contributed by atoms with Crippen molar-refractivity contribution in [2.45, 2.75) is 6.42 Å². The first-order valence-electron chi connectivity index (χ1n) is 6.42. The van der Waals surface area contributed by atoms with Crippen molar-refractivity contribution in [2.24, 2.45) is 0 Å². The van der Waals surface area contributed by atoms with Gasteiger partial charge >= 0.3 is 0 Å². The Morgan fingerprint density at radius 1 is 1.00 bits per heavy atom. The fourth-order valence-electron chi connectivity index (χ4n) is 2.22. The Bertz CT molecular complexity index is 738. The van der Waals surface area contributed by atoms with E-state index in [9.17, 15) is 0 Å². The monoisotopic (exact) mass is 283 g/mol. The van der Waals surface area contributed by atoms with E-state index >= 15 is 0 Å². The van der Waals surface area contributed by atoms with Gasteiger partial charge in [-0.3, -0.25) is 4.98 Å². The lowest BCUT2D eigenvalue weighted by molar-refractivity contribution is 0.414. The normalized spacial score (nSPS) is 10.7. The zero-order valence-corrected chi connectivity index (χ0v) is 11.9. The quantitative estimate of drug-likeness (QED) is 0.707. The average molecular weight is 284 g/mol. The lowest BCUT2D eigenvalue weighted by Gasteiger charge is -2.05. The van der Waals surface area contributed by atoms with Crippen molar-refractivity contribution < 1.29 is 4.74 Å². The van der Waals surface area contributed by atoms with Crippen LogP contribution in [-0.2, 0) is 6.42 Å². The summed E-state index contributed by atoms with van der Waals surface area (Å²) in [5.41, 5.74) is 3.37. The number of pyridine rings is 1. The van der Waals surface area contributed by atoms with Crippen molar-refractivity contribution >= 4 is 22.5 Å². The number of ether oxygens (including phenoxy) is 1. The third kappa shape index (κ3) is 2.75. The molecule has 3 heteroatoms. The zero-order valence-electron chi connectivity index (χ0n) is 11.1. The molecular formula is C17H14ClNO. The minimum absolute atomic E-state index is 0.737. The molecule has 0 aliphatic carbocycles. The molecule has 0 saturated carbocycles. The highest BCUT2D eigenvalue weighted by atomic mass is 35.5. The molecule has 0 N–H and O–H groups in total. The van der Waals surface area contributed by atoms with Crippen LogP contribution in [0.15, 0.2) is 54.7 Å². The van der Waals surface area contributed by atoms with Crippen LogP contribution in [0.2, 0.25) is 5.02 Å². The number of halogens is 1. The van der Waals surface area contributed by atoms with Gasteiger partial charge in [-0.15, -0.1) is 0 Å². The van der Waals surface area contributed by atoms with Gasteiger partial charge < -0.3 is 4.74 Å². The summed E-state index contributed by atoms with van der Waals surface area (Å²) in [7, 11) is 1.67. The van der Waals surface area contributed by atoms with Crippen molar-refractivity contribution in [1.82, 2.24) is 4.98 Å². The molecule has 0 unspecified atom stereocenters. The number of benzene rings is 2. The minimum Gasteiger partial charge on any atom is -0.497 e. The van der Waals surface area contributed by atoms with E-state index in [0.29, 0.717) is 0 Å². The van der Waals surface area contributed by atoms with E-state index in [1.165, 1.54) is 11.1 Å². The largest absolute Gasteiger partial charge is 0.497 e. The molecule has 20 heavy (non-hydrogen) atoms. The van der Waals surface area contributed by atoms with E-state index in [4.69, 9.17) is 16.3 Å². The van der Waals surface area contributed by atoms with Crippen LogP contribution < -0.4 is 4.74 Å². The van der Waals surface area contributed by atoms with Gasteiger partial charge in [0, 0.05) is 16.6 Å². The molecule has 0 saturated heterocycles. The third-order valence-electron chi connectivity index (χ3n) is 3.27. The molecule has 0 spiro atoms. The van der Waals surface area contributed by atoms with E-state index in [1.807, 2.05) is 36.5 Å². The standard InChI is InChI=1S/C17H14ClNO/c1-20-16-5-2-12(3-6-16)8-13-9-14-10-15(18)4-7-17(14)19-11-13/h2-7,9-11H,8H2,1H3. The Kier molecular flexibility index (Phi) is 3.57. The number of nitrogens with zero attached hydrogens (tertiary/aromatic N) is 1. The molecular weight excluding hydrogens is 270 g/mol. The van der Waals surface area contributed by atoms with Gasteiger partial charge in [0.05, 0.1) is 12.6 Å². The van der Waals surface area contributed by atoms with Crippen molar-refractivity contribution in [2.75, 3.05) is 7.11 Å². The number of fused-ring (bicyclic) bond motifs is 1. The van der Waals surface area contributed by atoms with Gasteiger partial charge in [-0.05, 0) is 53.9 Å². The van der Waals surface area contributed by atoms with Crippen LogP contribution in [0, 0.1) is 0 Å². The summed E-state index contributed by atoms with van der Waals surface area (Å²) in [5, 5.41) is 1.81. The number of methoxy groups -OCH3 is 1. The van der Waals surface area contributed by atoms with Crippen LogP contribution in [-0.4, -0.2) is 12.1 Å². The maximum absolute atomic E-state index is 6.02. The van der Waals surface area contributed by atoms with Crippen molar-refractivity contribution in [3.05, 3.63) is 70.9 Å². The summed E-state index contributed by atoms with van der Waals surface area (Å²) in [5.74, 6) is 0.872. The average Bonchev–Trinajstić information content (AvgIpc) is 2.47. The van der Waals surface area contributed by atoms with Gasteiger partial charge in [-0.1, -0.05) is 23.7 Å². The zero-order chi connectivity index (χ0) is 13.9. The molecule has 0 radical (unpaired) electrons. The maximum atomic E-state index is 6.02.